The van der Waals surface area contributed by atoms with Crippen molar-refractivity contribution in [2.75, 3.05) is 0 Å². The zero-order valence-corrected chi connectivity index (χ0v) is 84.3. The van der Waals surface area contributed by atoms with Crippen LogP contribution in [0.2, 0.25) is 0 Å². The van der Waals surface area contributed by atoms with Crippen molar-refractivity contribution in [2.45, 2.75) is 288 Å². The zero-order valence-electron chi connectivity index (χ0n) is 84.3. The molecule has 14 aromatic carbocycles. The molecule has 0 radical (unpaired) electrons. The summed E-state index contributed by atoms with van der Waals surface area (Å²) in [5, 5.41) is 0. The zero-order chi connectivity index (χ0) is 93.1. The van der Waals surface area contributed by atoms with E-state index < -0.39 is 0 Å². The summed E-state index contributed by atoms with van der Waals surface area (Å²) in [6.07, 6.45) is 0. The molecule has 0 aliphatic heterocycles. The summed E-state index contributed by atoms with van der Waals surface area (Å²) in [5.74, 6) is 5.44. The summed E-state index contributed by atoms with van der Waals surface area (Å²) in [4.78, 5) is 0. The van der Waals surface area contributed by atoms with E-state index in [1.54, 1.807) is 0 Å². The fraction of sp³-hybridized carbons (Fsp3) is 0.339. The van der Waals surface area contributed by atoms with E-state index in [0.29, 0.717) is 59.2 Å². The van der Waals surface area contributed by atoms with Crippen molar-refractivity contribution in [2.24, 2.45) is 0 Å². The van der Waals surface area contributed by atoms with Crippen LogP contribution in [-0.4, -0.2) is 0 Å². The molecule has 0 unspecified atom stereocenters. The smallest absolute Gasteiger partial charge is 0.0112 e. The van der Waals surface area contributed by atoms with Crippen LogP contribution in [0.25, 0.3) is 89.0 Å². The highest BCUT2D eigenvalue weighted by atomic mass is 14.3. The first-order valence-electron chi connectivity index (χ1n) is 47.6. The molecule has 0 atom stereocenters. The second-order valence-electron chi connectivity index (χ2n) is 39.0. The molecule has 0 nitrogen and oxygen atoms in total. The Labute approximate surface area is 772 Å². The van der Waals surface area contributed by atoms with Gasteiger partial charge in [-0.25, -0.2) is 0 Å². The molecule has 0 saturated heterocycles. The van der Waals surface area contributed by atoms with Crippen LogP contribution >= 0.6 is 0 Å². The van der Waals surface area contributed by atoms with Crippen molar-refractivity contribution in [1.82, 2.24) is 0 Å². The van der Waals surface area contributed by atoms with Crippen LogP contribution in [0.3, 0.4) is 0 Å². The van der Waals surface area contributed by atoms with Crippen LogP contribution in [0.15, 0.2) is 273 Å². The lowest BCUT2D eigenvalue weighted by Crippen LogP contribution is -2.02. The Morgan fingerprint density at radius 1 is 0.110 bits per heavy atom. The molecule has 0 aromatic heterocycles. The lowest BCUT2D eigenvalue weighted by molar-refractivity contribution is 0.835. The number of benzene rings is 14. The van der Waals surface area contributed by atoms with E-state index >= 15 is 0 Å². The highest BCUT2D eigenvalue weighted by Crippen LogP contribution is 2.45. The van der Waals surface area contributed by atoms with Crippen molar-refractivity contribution < 1.29 is 0 Å². The molecule has 0 heteroatoms. The highest BCUT2D eigenvalue weighted by molar-refractivity contribution is 5.86. The Balaban J connectivity index is 0.000000173. The van der Waals surface area contributed by atoms with Crippen molar-refractivity contribution in [3.05, 3.63) is 401 Å². The van der Waals surface area contributed by atoms with Gasteiger partial charge in [-0.15, -0.1) is 0 Å². The van der Waals surface area contributed by atoms with E-state index in [2.05, 4.69) is 501 Å². The standard InChI is InChI=1S/C26H30.C23H24.C22H30.C20H26.C19H24.C17H20/c1-17(2)21-12-7-8-13-25(21)23-15-10-16-24(20(23)6)26-19(5)11-9-14-22(26)18(3)4;1-15-9-6-10-16(2)22(15)20-13-8-14-21(19(20)5)23-17(3)11-7-12-18(23)4;1-14(2)18-10-8-13-21(17(18)7)22-19(15(3)4)11-9-12-20(22)16(5)6;1-13(2)17-10-8-11-18(14(3)4)20(17)19-12-7-9-15(5)16(19)6;1-13(2)16-11-8-12-18(15(16)5)19-10-7-6-9-17(19)14(3)4;1-12(2)15-9-5-6-10-17(15)16-11-7-8-13(3)14(16)4/h7-18H,1-6H3;6-14H,1-5H3;8-16H,1-7H3;7-14H,1-6H3;6-14H,1-5H3;5-12H,1-4H3. The third kappa shape index (κ3) is 23.9. The Morgan fingerprint density at radius 2 is 0.268 bits per heavy atom. The SMILES string of the molecule is Cc1c(-c2c(C(C)C)cccc2C(C)C)cccc1C(C)C.Cc1c(-c2ccccc2C(C)C)cccc1C(C)C.Cc1cccc(-c2c(C(C)C)cccc2C(C)C)c1C.Cc1cccc(-c2ccccc2C(C)C)c1C.Cc1cccc(C(C)C)c1-c1cccc(-c2ccccc2C(C)C)c1C.Cc1cccc(C)c1-c1cccc(-c2c(C)cccc2C)c1C. The van der Waals surface area contributed by atoms with E-state index in [-0.39, 0.29) is 0 Å². The monoisotopic (exact) mass is 1680 g/mol. The van der Waals surface area contributed by atoms with Gasteiger partial charge in [-0.3, -0.25) is 0 Å². The van der Waals surface area contributed by atoms with Gasteiger partial charge in [0.05, 0.1) is 0 Å². The minimum absolute atomic E-state index is 0.510. The molecular weight excluding hydrogens is 1530 g/mol. The van der Waals surface area contributed by atoms with Crippen LogP contribution in [-0.2, 0) is 0 Å². The van der Waals surface area contributed by atoms with Gasteiger partial charge in [-0.1, -0.05) is 411 Å². The van der Waals surface area contributed by atoms with Gasteiger partial charge in [0.15, 0.2) is 0 Å². The second kappa shape index (κ2) is 45.7. The molecule has 0 aliphatic carbocycles. The van der Waals surface area contributed by atoms with Gasteiger partial charge in [0, 0.05) is 0 Å². The average Bonchev–Trinajstić information content (AvgIpc) is 0.784. The summed E-state index contributed by atoms with van der Waals surface area (Å²) in [7, 11) is 0. The Morgan fingerprint density at radius 3 is 0.583 bits per heavy atom. The fourth-order valence-corrected chi connectivity index (χ4v) is 19.0. The molecule has 0 aliphatic rings. The topological polar surface area (TPSA) is 0 Å². The normalized spacial score (nSPS) is 11.3. The molecule has 0 saturated carbocycles. The maximum absolute atomic E-state index is 2.30. The van der Waals surface area contributed by atoms with Crippen LogP contribution < -0.4 is 0 Å². The Bertz CT molecular complexity index is 5840. The fourth-order valence-electron chi connectivity index (χ4n) is 19.0. The van der Waals surface area contributed by atoms with Gasteiger partial charge in [-0.05, 0) is 366 Å². The van der Waals surface area contributed by atoms with Gasteiger partial charge >= 0.3 is 0 Å². The average molecular weight is 1680 g/mol. The van der Waals surface area contributed by atoms with E-state index in [1.807, 2.05) is 0 Å². The van der Waals surface area contributed by atoms with Gasteiger partial charge < -0.3 is 0 Å². The Kier molecular flexibility index (Phi) is 35.9. The molecule has 0 amide bonds. The van der Waals surface area contributed by atoms with Crippen molar-refractivity contribution in [3.8, 4) is 89.0 Å². The summed E-state index contributed by atoms with van der Waals surface area (Å²) in [5.41, 5.74) is 54.5. The molecule has 0 spiro atoms. The second-order valence-corrected chi connectivity index (χ2v) is 39.0. The first kappa shape index (κ1) is 99.9. The molecular formula is C127H154. The minimum atomic E-state index is 0.510. The number of aryl methyl sites for hydroxylation is 7. The maximum Gasteiger partial charge on any atom is -0.0112 e. The van der Waals surface area contributed by atoms with Gasteiger partial charge in [-0.2, -0.15) is 0 Å². The number of hydrogen-bond donors (Lipinski definition) is 0. The quantitative estimate of drug-likeness (QED) is 0.0803. The summed E-state index contributed by atoms with van der Waals surface area (Å²) in [6, 6.07) is 99.9. The largest absolute Gasteiger partial charge is 0.0619 e. The third-order valence-electron chi connectivity index (χ3n) is 26.5. The third-order valence-corrected chi connectivity index (χ3v) is 26.5. The first-order chi connectivity index (χ1) is 60.3. The van der Waals surface area contributed by atoms with E-state index in [4.69, 9.17) is 0 Å². The molecule has 0 N–H and O–H groups in total. The van der Waals surface area contributed by atoms with Crippen LogP contribution in [0.5, 0.6) is 0 Å². The summed E-state index contributed by atoms with van der Waals surface area (Å²) in [6.45, 7) is 74.5. The van der Waals surface area contributed by atoms with Crippen molar-refractivity contribution >= 4 is 0 Å². The summed E-state index contributed by atoms with van der Waals surface area (Å²) < 4.78 is 0. The lowest BCUT2D eigenvalue weighted by atomic mass is 9.82. The van der Waals surface area contributed by atoms with Gasteiger partial charge in [0.1, 0.15) is 0 Å². The van der Waals surface area contributed by atoms with E-state index in [1.165, 1.54) is 217 Å². The predicted octanol–water partition coefficient (Wildman–Crippen LogP) is 38.7. The summed E-state index contributed by atoms with van der Waals surface area (Å²) >= 11 is 0. The molecule has 127 heavy (non-hydrogen) atoms. The van der Waals surface area contributed by atoms with Crippen molar-refractivity contribution in [1.29, 1.82) is 0 Å². The molecule has 14 rings (SSSR count). The van der Waals surface area contributed by atoms with Crippen molar-refractivity contribution in [3.63, 3.8) is 0 Å². The number of hydrogen-bond acceptors (Lipinski definition) is 0. The van der Waals surface area contributed by atoms with Crippen LogP contribution in [0, 0.1) is 90.0 Å². The van der Waals surface area contributed by atoms with Crippen LogP contribution in [0.1, 0.15) is 326 Å². The minimum Gasteiger partial charge on any atom is -0.0619 e. The first-order valence-corrected chi connectivity index (χ1v) is 47.6. The molecule has 0 fully saturated rings. The molecule has 0 bridgehead atoms. The molecule has 0 heterocycles. The lowest BCUT2D eigenvalue weighted by Gasteiger charge is -2.23. The highest BCUT2D eigenvalue weighted by Gasteiger charge is 2.24. The molecule has 662 valence electrons. The van der Waals surface area contributed by atoms with Gasteiger partial charge in [0.25, 0.3) is 0 Å². The van der Waals surface area contributed by atoms with Gasteiger partial charge in [0.2, 0.25) is 0 Å². The number of rotatable bonds is 18. The Hall–Kier alpha value is -10.9. The maximum atomic E-state index is 2.30. The van der Waals surface area contributed by atoms with Crippen LogP contribution in [0.4, 0.5) is 0 Å². The van der Waals surface area contributed by atoms with E-state index in [0.717, 1.165) is 0 Å². The predicted molar refractivity (Wildman–Crippen MR) is 565 cm³/mol. The van der Waals surface area contributed by atoms with E-state index in [9.17, 15) is 0 Å². The molecule has 14 aromatic rings.